The highest BCUT2D eigenvalue weighted by molar-refractivity contribution is 5.87. The van der Waals surface area contributed by atoms with Crippen LogP contribution < -0.4 is 9.47 Å². The van der Waals surface area contributed by atoms with Gasteiger partial charge in [-0.15, -0.1) is 0 Å². The van der Waals surface area contributed by atoms with E-state index < -0.39 is 5.97 Å². The smallest absolute Gasteiger partial charge is 0.328 e. The molecule has 0 fully saturated rings. The predicted octanol–water partition coefficient (Wildman–Crippen LogP) is 3.78. The van der Waals surface area contributed by atoms with Crippen molar-refractivity contribution in [3.8, 4) is 11.5 Å². The number of para-hydroxylation sites is 2. The number of carboxylic acid groups (broad SMARTS) is 1. The molecule has 0 amide bonds. The molecule has 4 heteroatoms. The summed E-state index contributed by atoms with van der Waals surface area (Å²) in [5.41, 5.74) is 2.53. The molecule has 0 saturated heterocycles. The molecule has 1 N–H and O–H groups in total. The van der Waals surface area contributed by atoms with Crippen LogP contribution in [0.15, 0.2) is 66.8 Å². The molecule has 0 atom stereocenters. The van der Waals surface area contributed by atoms with Crippen LogP contribution in [0.4, 0.5) is 0 Å². The Hall–Kier alpha value is -3.01. The highest BCUT2D eigenvalue weighted by Crippen LogP contribution is 2.35. The van der Waals surface area contributed by atoms with E-state index >= 15 is 0 Å². The highest BCUT2D eigenvalue weighted by atomic mass is 16.5. The largest absolute Gasteiger partial charge is 0.496 e. The van der Waals surface area contributed by atoms with Gasteiger partial charge in [0.05, 0.1) is 14.2 Å². The number of benzene rings is 2. The minimum atomic E-state index is -0.999. The Morgan fingerprint density at radius 3 is 1.83 bits per heavy atom. The number of carboxylic acids is 1. The maximum Gasteiger partial charge on any atom is 0.328 e. The molecule has 4 nitrogen and oxygen atoms in total. The number of hydrogen-bond donors (Lipinski definition) is 1. The molecular formula is C19H18O4. The molecule has 0 saturated carbocycles. The van der Waals surface area contributed by atoms with Gasteiger partial charge in [0, 0.05) is 17.2 Å². The summed E-state index contributed by atoms with van der Waals surface area (Å²) in [6, 6.07) is 15.1. The molecule has 118 valence electrons. The predicted molar refractivity (Wildman–Crippen MR) is 89.8 cm³/mol. The van der Waals surface area contributed by atoms with E-state index in [2.05, 4.69) is 0 Å². The van der Waals surface area contributed by atoms with E-state index in [1.807, 2.05) is 48.5 Å². The fourth-order valence-corrected chi connectivity index (χ4v) is 2.29. The zero-order valence-electron chi connectivity index (χ0n) is 13.0. The molecule has 0 aliphatic rings. The Bertz CT molecular complexity index is 695. The summed E-state index contributed by atoms with van der Waals surface area (Å²) in [6.45, 7) is 0. The van der Waals surface area contributed by atoms with E-state index in [1.165, 1.54) is 6.08 Å². The van der Waals surface area contributed by atoms with Crippen LogP contribution in [0, 0.1) is 0 Å². The van der Waals surface area contributed by atoms with E-state index in [4.69, 9.17) is 14.6 Å². The normalized spacial score (nSPS) is 10.3. The summed E-state index contributed by atoms with van der Waals surface area (Å²) < 4.78 is 10.9. The third-order valence-electron chi connectivity index (χ3n) is 3.30. The Morgan fingerprint density at radius 2 is 1.39 bits per heavy atom. The minimum Gasteiger partial charge on any atom is -0.496 e. The quantitative estimate of drug-likeness (QED) is 0.652. The Balaban J connectivity index is 2.63. The van der Waals surface area contributed by atoms with E-state index in [1.54, 1.807) is 20.3 Å². The second-order valence-electron chi connectivity index (χ2n) is 4.68. The Labute approximate surface area is 135 Å². The van der Waals surface area contributed by atoms with E-state index in [0.29, 0.717) is 11.5 Å². The molecule has 0 heterocycles. The lowest BCUT2D eigenvalue weighted by Gasteiger charge is -2.15. The van der Waals surface area contributed by atoms with Crippen molar-refractivity contribution in [1.29, 1.82) is 0 Å². The molecule has 2 aromatic rings. The Morgan fingerprint density at radius 1 is 0.913 bits per heavy atom. The van der Waals surface area contributed by atoms with Crippen LogP contribution in [0.2, 0.25) is 0 Å². The lowest BCUT2D eigenvalue weighted by Crippen LogP contribution is -1.96. The maximum absolute atomic E-state index is 10.7. The van der Waals surface area contributed by atoms with Gasteiger partial charge in [0.25, 0.3) is 0 Å². The summed E-state index contributed by atoms with van der Waals surface area (Å²) in [4.78, 5) is 10.7. The van der Waals surface area contributed by atoms with Crippen molar-refractivity contribution in [1.82, 2.24) is 0 Å². The molecule has 0 aromatic heterocycles. The Kier molecular flexibility index (Phi) is 5.58. The van der Waals surface area contributed by atoms with Crippen LogP contribution in [0.1, 0.15) is 11.1 Å². The number of allylic oxidation sites excluding steroid dienone is 2. The monoisotopic (exact) mass is 310 g/mol. The molecule has 0 radical (unpaired) electrons. The summed E-state index contributed by atoms with van der Waals surface area (Å²) in [7, 11) is 3.21. The molecule has 0 spiro atoms. The maximum atomic E-state index is 10.7. The van der Waals surface area contributed by atoms with Gasteiger partial charge in [0.2, 0.25) is 0 Å². The van der Waals surface area contributed by atoms with Crippen molar-refractivity contribution in [2.75, 3.05) is 14.2 Å². The number of methoxy groups -OCH3 is 2. The molecule has 0 bridgehead atoms. The molecule has 23 heavy (non-hydrogen) atoms. The van der Waals surface area contributed by atoms with Crippen LogP contribution in [-0.4, -0.2) is 25.3 Å². The van der Waals surface area contributed by atoms with Gasteiger partial charge in [0.1, 0.15) is 11.5 Å². The van der Waals surface area contributed by atoms with Crippen LogP contribution in [-0.2, 0) is 4.79 Å². The summed E-state index contributed by atoms with van der Waals surface area (Å²) >= 11 is 0. The van der Waals surface area contributed by atoms with Gasteiger partial charge in [-0.3, -0.25) is 0 Å². The average Bonchev–Trinajstić information content (AvgIpc) is 2.58. The third kappa shape index (κ3) is 4.01. The minimum absolute atomic E-state index is 0.702. The van der Waals surface area contributed by atoms with Crippen molar-refractivity contribution >= 4 is 11.5 Å². The topological polar surface area (TPSA) is 55.8 Å². The lowest BCUT2D eigenvalue weighted by atomic mass is 9.95. The van der Waals surface area contributed by atoms with Crippen LogP contribution in [0.3, 0.4) is 0 Å². The van der Waals surface area contributed by atoms with Gasteiger partial charge in [0.15, 0.2) is 0 Å². The van der Waals surface area contributed by atoms with E-state index in [-0.39, 0.29) is 0 Å². The fraction of sp³-hybridized carbons (Fsp3) is 0.105. The lowest BCUT2D eigenvalue weighted by molar-refractivity contribution is -0.131. The second kappa shape index (κ2) is 7.84. The molecule has 2 aromatic carbocycles. The van der Waals surface area contributed by atoms with Gasteiger partial charge < -0.3 is 14.6 Å². The molecule has 0 unspecified atom stereocenters. The average molecular weight is 310 g/mol. The van der Waals surface area contributed by atoms with E-state index in [0.717, 1.165) is 22.8 Å². The van der Waals surface area contributed by atoms with Gasteiger partial charge in [-0.25, -0.2) is 4.79 Å². The standard InChI is InChI=1S/C19H18O4/c1-22-17-11-5-3-8-15(17)14(10-7-13-19(20)21)16-9-4-6-12-18(16)23-2/h3-13H,1-2H3,(H,20,21)/b13-7+. The molecule has 0 aliphatic heterocycles. The SMILES string of the molecule is COc1ccccc1C(=C/C=C/C(=O)O)c1ccccc1OC. The summed E-state index contributed by atoms with van der Waals surface area (Å²) in [5.74, 6) is 0.405. The van der Waals surface area contributed by atoms with Gasteiger partial charge in [-0.1, -0.05) is 48.6 Å². The third-order valence-corrected chi connectivity index (χ3v) is 3.30. The first-order valence-electron chi connectivity index (χ1n) is 7.05. The first kappa shape index (κ1) is 16.4. The molecule has 2 rings (SSSR count). The van der Waals surface area contributed by atoms with Crippen LogP contribution >= 0.6 is 0 Å². The van der Waals surface area contributed by atoms with Crippen molar-refractivity contribution < 1.29 is 19.4 Å². The number of hydrogen-bond acceptors (Lipinski definition) is 3. The van der Waals surface area contributed by atoms with E-state index in [9.17, 15) is 4.79 Å². The van der Waals surface area contributed by atoms with Gasteiger partial charge >= 0.3 is 5.97 Å². The summed E-state index contributed by atoms with van der Waals surface area (Å²) in [5, 5.41) is 8.80. The molecule has 0 aliphatic carbocycles. The number of rotatable bonds is 6. The number of aliphatic carboxylic acids is 1. The first-order valence-corrected chi connectivity index (χ1v) is 7.05. The van der Waals surface area contributed by atoms with Crippen LogP contribution in [0.25, 0.3) is 5.57 Å². The van der Waals surface area contributed by atoms with Crippen molar-refractivity contribution in [2.24, 2.45) is 0 Å². The first-order chi connectivity index (χ1) is 11.2. The van der Waals surface area contributed by atoms with Gasteiger partial charge in [-0.2, -0.15) is 0 Å². The fourth-order valence-electron chi connectivity index (χ4n) is 2.29. The van der Waals surface area contributed by atoms with Crippen LogP contribution in [0.5, 0.6) is 11.5 Å². The van der Waals surface area contributed by atoms with Crippen molar-refractivity contribution in [3.05, 3.63) is 77.9 Å². The van der Waals surface area contributed by atoms with Crippen molar-refractivity contribution in [3.63, 3.8) is 0 Å². The zero-order valence-corrected chi connectivity index (χ0v) is 13.0. The van der Waals surface area contributed by atoms with Crippen molar-refractivity contribution in [2.45, 2.75) is 0 Å². The highest BCUT2D eigenvalue weighted by Gasteiger charge is 2.13. The number of carbonyl (C=O) groups is 1. The zero-order chi connectivity index (χ0) is 16.7. The number of ether oxygens (including phenoxy) is 2. The summed E-state index contributed by atoms with van der Waals surface area (Å²) in [6.07, 6.45) is 4.32. The molecular weight excluding hydrogens is 292 g/mol. The second-order valence-corrected chi connectivity index (χ2v) is 4.68. The van der Waals surface area contributed by atoms with Gasteiger partial charge in [-0.05, 0) is 17.7 Å².